The van der Waals surface area contributed by atoms with Crippen LogP contribution in [0.5, 0.6) is 0 Å². The van der Waals surface area contributed by atoms with Crippen LogP contribution in [-0.4, -0.2) is 52.6 Å². The van der Waals surface area contributed by atoms with E-state index >= 15 is 0 Å². The van der Waals surface area contributed by atoms with E-state index in [0.717, 1.165) is 31.2 Å². The number of amides is 3. The summed E-state index contributed by atoms with van der Waals surface area (Å²) >= 11 is 1.60. The molecule has 0 bridgehead atoms. The maximum Gasteiger partial charge on any atom is 0.245 e. The third-order valence-electron chi connectivity index (χ3n) is 5.95. The number of imide groups is 1. The van der Waals surface area contributed by atoms with Crippen molar-refractivity contribution < 1.29 is 14.4 Å². The van der Waals surface area contributed by atoms with Crippen molar-refractivity contribution in [3.8, 4) is 6.07 Å². The first-order chi connectivity index (χ1) is 14.0. The number of hydrogen-bond donors (Lipinski definition) is 0. The van der Waals surface area contributed by atoms with Gasteiger partial charge in [-0.2, -0.15) is 17.0 Å². The third-order valence-corrected chi connectivity index (χ3v) is 6.59. The fourth-order valence-electron chi connectivity index (χ4n) is 4.38. The zero-order valence-electron chi connectivity index (χ0n) is 17.0. The van der Waals surface area contributed by atoms with Crippen molar-refractivity contribution in [3.05, 3.63) is 35.4 Å². The Morgan fingerprint density at radius 1 is 1.21 bits per heavy atom. The summed E-state index contributed by atoms with van der Waals surface area (Å²) in [6.45, 7) is 0.364. The minimum atomic E-state index is -0.739. The SMILES string of the molecule is CSCCC(C(=O)N(C)Cc1ccc(C#N)cc1)N1C(=O)C2CCCCC2C1=O. The summed E-state index contributed by atoms with van der Waals surface area (Å²) in [5.41, 5.74) is 1.47. The second-order valence-electron chi connectivity index (χ2n) is 7.84. The lowest BCUT2D eigenvalue weighted by Crippen LogP contribution is -2.50. The molecule has 2 fully saturated rings. The molecule has 3 unspecified atom stereocenters. The molecule has 1 aliphatic carbocycles. The zero-order valence-corrected chi connectivity index (χ0v) is 17.8. The smallest absolute Gasteiger partial charge is 0.245 e. The molecule has 1 saturated carbocycles. The number of carbonyl (C=O) groups excluding carboxylic acids is 3. The number of likely N-dealkylation sites (tertiary alicyclic amines) is 1. The molecule has 6 nitrogen and oxygen atoms in total. The van der Waals surface area contributed by atoms with Gasteiger partial charge in [0.05, 0.1) is 23.5 Å². The number of likely N-dealkylation sites (N-methyl/N-ethyl adjacent to an activating group) is 1. The molecular weight excluding hydrogens is 386 g/mol. The van der Waals surface area contributed by atoms with Crippen LogP contribution in [0.25, 0.3) is 0 Å². The van der Waals surface area contributed by atoms with Gasteiger partial charge in [0.15, 0.2) is 0 Å². The lowest BCUT2D eigenvalue weighted by molar-refractivity contribution is -0.151. The Hall–Kier alpha value is -2.33. The molecule has 7 heteroatoms. The van der Waals surface area contributed by atoms with Gasteiger partial charge in [-0.15, -0.1) is 0 Å². The maximum absolute atomic E-state index is 13.3. The number of nitriles is 1. The molecule has 1 aromatic rings. The second-order valence-corrected chi connectivity index (χ2v) is 8.83. The van der Waals surface area contributed by atoms with Gasteiger partial charge in [0.2, 0.25) is 17.7 Å². The molecule has 1 aliphatic heterocycles. The predicted octanol–water partition coefficient (Wildman–Crippen LogP) is 2.81. The summed E-state index contributed by atoms with van der Waals surface area (Å²) in [6.07, 6.45) is 5.85. The number of fused-ring (bicyclic) bond motifs is 1. The van der Waals surface area contributed by atoms with Crippen molar-refractivity contribution >= 4 is 29.5 Å². The highest BCUT2D eigenvalue weighted by atomic mass is 32.2. The van der Waals surface area contributed by atoms with Crippen molar-refractivity contribution in [1.82, 2.24) is 9.80 Å². The molecule has 1 aromatic carbocycles. The van der Waals surface area contributed by atoms with Crippen LogP contribution in [0, 0.1) is 23.2 Å². The number of carbonyl (C=O) groups is 3. The quantitative estimate of drug-likeness (QED) is 0.642. The van der Waals surface area contributed by atoms with Crippen molar-refractivity contribution in [3.63, 3.8) is 0 Å². The topological polar surface area (TPSA) is 81.5 Å². The maximum atomic E-state index is 13.3. The van der Waals surface area contributed by atoms with Crippen LogP contribution in [-0.2, 0) is 20.9 Å². The van der Waals surface area contributed by atoms with E-state index in [2.05, 4.69) is 6.07 Å². The van der Waals surface area contributed by atoms with E-state index in [0.29, 0.717) is 24.3 Å². The Morgan fingerprint density at radius 2 is 1.79 bits per heavy atom. The fourth-order valence-corrected chi connectivity index (χ4v) is 4.84. The van der Waals surface area contributed by atoms with Crippen LogP contribution >= 0.6 is 11.8 Å². The average Bonchev–Trinajstić information content (AvgIpc) is 3.00. The third kappa shape index (κ3) is 4.48. The first-order valence-corrected chi connectivity index (χ1v) is 11.5. The van der Waals surface area contributed by atoms with E-state index in [-0.39, 0.29) is 29.6 Å². The van der Waals surface area contributed by atoms with Crippen molar-refractivity contribution in [2.45, 2.75) is 44.7 Å². The van der Waals surface area contributed by atoms with Crippen molar-refractivity contribution in [2.24, 2.45) is 11.8 Å². The van der Waals surface area contributed by atoms with E-state index in [9.17, 15) is 14.4 Å². The van der Waals surface area contributed by atoms with E-state index < -0.39 is 6.04 Å². The Morgan fingerprint density at radius 3 is 2.31 bits per heavy atom. The minimum Gasteiger partial charge on any atom is -0.340 e. The summed E-state index contributed by atoms with van der Waals surface area (Å²) in [7, 11) is 1.70. The molecule has 2 aliphatic rings. The lowest BCUT2D eigenvalue weighted by atomic mass is 9.81. The summed E-state index contributed by atoms with van der Waals surface area (Å²) in [4.78, 5) is 42.2. The molecule has 3 rings (SSSR count). The van der Waals surface area contributed by atoms with Crippen LogP contribution < -0.4 is 0 Å². The molecule has 0 aromatic heterocycles. The van der Waals surface area contributed by atoms with Crippen LogP contribution in [0.1, 0.15) is 43.2 Å². The molecule has 29 heavy (non-hydrogen) atoms. The molecule has 0 radical (unpaired) electrons. The van der Waals surface area contributed by atoms with Crippen LogP contribution in [0.2, 0.25) is 0 Å². The van der Waals surface area contributed by atoms with Gasteiger partial charge < -0.3 is 4.90 Å². The zero-order chi connectivity index (χ0) is 21.0. The van der Waals surface area contributed by atoms with Crippen LogP contribution in [0.4, 0.5) is 0 Å². The Labute approximate surface area is 176 Å². The van der Waals surface area contributed by atoms with Crippen LogP contribution in [0.15, 0.2) is 24.3 Å². The van der Waals surface area contributed by atoms with Gasteiger partial charge in [-0.1, -0.05) is 25.0 Å². The van der Waals surface area contributed by atoms with Gasteiger partial charge in [-0.05, 0) is 49.0 Å². The normalized spacial score (nSPS) is 22.2. The summed E-state index contributed by atoms with van der Waals surface area (Å²) in [6, 6.07) is 8.42. The standard InChI is InChI=1S/C22H27N3O3S/c1-24(14-16-9-7-15(13-23)8-10-16)22(28)19(11-12-29-2)25-20(26)17-5-3-4-6-18(17)21(25)27/h7-10,17-19H,3-6,11-12,14H2,1-2H3. The van der Waals surface area contributed by atoms with Gasteiger partial charge in [-0.25, -0.2) is 0 Å². The minimum absolute atomic E-state index is 0.161. The number of hydrogen-bond acceptors (Lipinski definition) is 5. The molecule has 1 saturated heterocycles. The van der Waals surface area contributed by atoms with Gasteiger partial charge in [0, 0.05) is 13.6 Å². The van der Waals surface area contributed by atoms with E-state index in [1.165, 1.54) is 4.90 Å². The molecular formula is C22H27N3O3S. The van der Waals surface area contributed by atoms with Gasteiger partial charge in [-0.3, -0.25) is 19.3 Å². The van der Waals surface area contributed by atoms with E-state index in [1.807, 2.05) is 18.4 Å². The molecule has 3 atom stereocenters. The summed E-state index contributed by atoms with van der Waals surface area (Å²) in [5.74, 6) is -0.317. The number of benzene rings is 1. The van der Waals surface area contributed by atoms with Gasteiger partial charge >= 0.3 is 0 Å². The Balaban J connectivity index is 1.78. The largest absolute Gasteiger partial charge is 0.340 e. The van der Waals surface area contributed by atoms with Gasteiger partial charge in [0.1, 0.15) is 6.04 Å². The van der Waals surface area contributed by atoms with Crippen molar-refractivity contribution in [2.75, 3.05) is 19.1 Å². The molecule has 0 spiro atoms. The Kier molecular flexibility index (Phi) is 6.96. The highest BCUT2D eigenvalue weighted by Gasteiger charge is 2.51. The highest BCUT2D eigenvalue weighted by molar-refractivity contribution is 7.98. The summed E-state index contributed by atoms with van der Waals surface area (Å²) in [5, 5.41) is 8.93. The summed E-state index contributed by atoms with van der Waals surface area (Å²) < 4.78 is 0. The average molecular weight is 414 g/mol. The second kappa shape index (κ2) is 9.45. The first kappa shape index (κ1) is 21.4. The molecule has 1 heterocycles. The fraction of sp³-hybridized carbons (Fsp3) is 0.545. The molecule has 0 N–H and O–H groups in total. The molecule has 3 amide bonds. The number of rotatable bonds is 7. The monoisotopic (exact) mass is 413 g/mol. The lowest BCUT2D eigenvalue weighted by Gasteiger charge is -2.30. The van der Waals surface area contributed by atoms with Crippen LogP contribution in [0.3, 0.4) is 0 Å². The molecule has 154 valence electrons. The highest BCUT2D eigenvalue weighted by Crippen LogP contribution is 2.39. The first-order valence-electron chi connectivity index (χ1n) is 10.1. The Bertz CT molecular complexity index is 794. The van der Waals surface area contributed by atoms with Crippen molar-refractivity contribution in [1.29, 1.82) is 5.26 Å². The van der Waals surface area contributed by atoms with E-state index in [4.69, 9.17) is 5.26 Å². The van der Waals surface area contributed by atoms with E-state index in [1.54, 1.807) is 35.8 Å². The number of thioether (sulfide) groups is 1. The number of nitrogens with zero attached hydrogens (tertiary/aromatic N) is 3. The predicted molar refractivity (Wildman–Crippen MR) is 112 cm³/mol. The van der Waals surface area contributed by atoms with Gasteiger partial charge in [0.25, 0.3) is 0 Å².